The van der Waals surface area contributed by atoms with Crippen molar-refractivity contribution in [1.82, 2.24) is 0 Å². The van der Waals surface area contributed by atoms with Gasteiger partial charge in [0.05, 0.1) is 5.60 Å². The molecule has 142 valence electrons. The second kappa shape index (κ2) is 4.76. The van der Waals surface area contributed by atoms with Gasteiger partial charge in [-0.05, 0) is 33.6 Å². The van der Waals surface area contributed by atoms with Crippen LogP contribution in [0, 0.1) is 22.2 Å². The number of hydrogen-bond acceptors (Lipinski definition) is 4. The van der Waals surface area contributed by atoms with Gasteiger partial charge in [-0.15, -0.1) is 0 Å². The predicted octanol–water partition coefficient (Wildman–Crippen LogP) is 4.00. The van der Waals surface area contributed by atoms with Gasteiger partial charge in [-0.3, -0.25) is 0 Å². The van der Waals surface area contributed by atoms with E-state index in [0.717, 1.165) is 0 Å². The average molecular weight is 343 g/mol. The van der Waals surface area contributed by atoms with E-state index in [1.165, 1.54) is 0 Å². The van der Waals surface area contributed by atoms with E-state index in [1.807, 2.05) is 20.8 Å². The van der Waals surface area contributed by atoms with Gasteiger partial charge in [0.2, 0.25) is 5.79 Å². The summed E-state index contributed by atoms with van der Waals surface area (Å²) in [6.07, 6.45) is 0. The third kappa shape index (κ3) is 1.45. The van der Waals surface area contributed by atoms with Crippen LogP contribution >= 0.6 is 0 Å². The molecule has 0 bridgehead atoms. The predicted molar refractivity (Wildman–Crippen MR) is 95.8 cm³/mol. The molecule has 0 amide bonds. The largest absolute Gasteiger partial charge is 0.387 e. The first-order valence-corrected chi connectivity index (χ1v) is 9.05. The number of methoxy groups -OCH3 is 2. The molecule has 4 nitrogen and oxygen atoms in total. The Hall–Kier alpha value is -0.160. The smallest absolute Gasteiger partial charge is 0.203 e. The molecule has 0 radical (unpaired) electrons. The first kappa shape index (κ1) is 20.2. The number of aliphatic hydroxyl groups is 1. The van der Waals surface area contributed by atoms with Crippen LogP contribution < -0.4 is 0 Å². The highest BCUT2D eigenvalue weighted by molar-refractivity contribution is 5.38. The van der Waals surface area contributed by atoms with E-state index in [-0.39, 0.29) is 16.2 Å². The molecule has 1 aliphatic heterocycles. The summed E-state index contributed by atoms with van der Waals surface area (Å²) in [6.45, 7) is 21.2. The maximum atomic E-state index is 11.1. The SMILES string of the molecule is COC1(OC)C(C)(C)C2(C)C1(C)OC(C)(C(C)(C)O)C2(C)C(C)C. The third-order valence-corrected chi connectivity index (χ3v) is 8.99. The van der Waals surface area contributed by atoms with Gasteiger partial charge in [-0.1, -0.05) is 41.5 Å². The summed E-state index contributed by atoms with van der Waals surface area (Å²) in [5, 5.41) is 11.1. The summed E-state index contributed by atoms with van der Waals surface area (Å²) in [7, 11) is 3.37. The molecule has 1 heterocycles. The first-order valence-electron chi connectivity index (χ1n) is 9.05. The topological polar surface area (TPSA) is 47.9 Å². The molecule has 4 unspecified atom stereocenters. The van der Waals surface area contributed by atoms with Crippen molar-refractivity contribution in [2.75, 3.05) is 14.2 Å². The molecular formula is C20H38O4. The van der Waals surface area contributed by atoms with Crippen molar-refractivity contribution in [1.29, 1.82) is 0 Å². The molecule has 2 fully saturated rings. The second-order valence-electron chi connectivity index (χ2n) is 9.86. The Morgan fingerprint density at radius 3 is 1.62 bits per heavy atom. The van der Waals surface area contributed by atoms with E-state index in [0.29, 0.717) is 5.92 Å². The number of fused-ring (bicyclic) bond motifs is 1. The molecular weight excluding hydrogens is 304 g/mol. The Balaban J connectivity index is 2.87. The molecule has 0 spiro atoms. The normalized spacial score (nSPS) is 46.8. The van der Waals surface area contributed by atoms with Gasteiger partial charge in [0.15, 0.2) is 0 Å². The van der Waals surface area contributed by atoms with Gasteiger partial charge >= 0.3 is 0 Å². The Labute approximate surface area is 148 Å². The molecule has 0 aromatic rings. The minimum atomic E-state index is -1.02. The molecule has 2 aliphatic rings. The summed E-state index contributed by atoms with van der Waals surface area (Å²) in [4.78, 5) is 0. The number of rotatable bonds is 4. The summed E-state index contributed by atoms with van der Waals surface area (Å²) in [5.74, 6) is -0.569. The Morgan fingerprint density at radius 2 is 1.33 bits per heavy atom. The van der Waals surface area contributed by atoms with Gasteiger partial charge in [0, 0.05) is 30.5 Å². The van der Waals surface area contributed by atoms with Crippen LogP contribution in [0.2, 0.25) is 0 Å². The van der Waals surface area contributed by atoms with Crippen molar-refractivity contribution in [3.63, 3.8) is 0 Å². The Kier molecular flexibility index (Phi) is 4.00. The highest BCUT2D eigenvalue weighted by atomic mass is 16.7. The van der Waals surface area contributed by atoms with Gasteiger partial charge in [-0.25, -0.2) is 0 Å². The second-order valence-corrected chi connectivity index (χ2v) is 9.86. The molecule has 1 N–H and O–H groups in total. The van der Waals surface area contributed by atoms with E-state index >= 15 is 0 Å². The quantitative estimate of drug-likeness (QED) is 0.785. The fourth-order valence-corrected chi connectivity index (χ4v) is 6.97. The van der Waals surface area contributed by atoms with Gasteiger partial charge in [0.1, 0.15) is 11.2 Å². The van der Waals surface area contributed by atoms with Crippen molar-refractivity contribution in [3.05, 3.63) is 0 Å². The van der Waals surface area contributed by atoms with Crippen molar-refractivity contribution in [2.45, 2.75) is 91.8 Å². The Bertz CT molecular complexity index is 530. The summed E-state index contributed by atoms with van der Waals surface area (Å²) >= 11 is 0. The van der Waals surface area contributed by atoms with E-state index in [4.69, 9.17) is 14.2 Å². The summed E-state index contributed by atoms with van der Waals surface area (Å²) < 4.78 is 18.8. The minimum Gasteiger partial charge on any atom is -0.387 e. The van der Waals surface area contributed by atoms with E-state index in [1.54, 1.807) is 14.2 Å². The third-order valence-electron chi connectivity index (χ3n) is 8.99. The van der Waals surface area contributed by atoms with E-state index in [2.05, 4.69) is 48.5 Å². The maximum absolute atomic E-state index is 11.1. The summed E-state index contributed by atoms with van der Waals surface area (Å²) in [6, 6.07) is 0. The number of hydrogen-bond donors (Lipinski definition) is 1. The van der Waals surface area contributed by atoms with Crippen LogP contribution in [-0.2, 0) is 14.2 Å². The van der Waals surface area contributed by atoms with E-state index < -0.39 is 22.6 Å². The van der Waals surface area contributed by atoms with Gasteiger partial charge in [0.25, 0.3) is 0 Å². The number of ether oxygens (including phenoxy) is 3. The maximum Gasteiger partial charge on any atom is 0.203 e. The van der Waals surface area contributed by atoms with Gasteiger partial charge < -0.3 is 19.3 Å². The Morgan fingerprint density at radius 1 is 0.917 bits per heavy atom. The van der Waals surface area contributed by atoms with Crippen molar-refractivity contribution >= 4 is 0 Å². The van der Waals surface area contributed by atoms with Crippen LogP contribution in [0.3, 0.4) is 0 Å². The zero-order chi connectivity index (χ0) is 19.2. The van der Waals surface area contributed by atoms with E-state index in [9.17, 15) is 5.11 Å². The van der Waals surface area contributed by atoms with Gasteiger partial charge in [-0.2, -0.15) is 0 Å². The standard InChI is InChI=1S/C20H38O4/c1-13(2)16(7)17(8)14(3,4)20(22-11,23-12)19(17,10)24-18(16,9)15(5,6)21/h13,21H,1-12H3. The minimum absolute atomic E-state index is 0.262. The molecule has 1 aliphatic carbocycles. The fraction of sp³-hybridized carbons (Fsp3) is 1.00. The molecule has 0 aromatic carbocycles. The highest BCUT2D eigenvalue weighted by Gasteiger charge is 2.94. The molecule has 4 atom stereocenters. The van der Waals surface area contributed by atoms with Crippen LogP contribution in [0.4, 0.5) is 0 Å². The monoisotopic (exact) mass is 342 g/mol. The molecule has 1 saturated heterocycles. The van der Waals surface area contributed by atoms with Crippen LogP contribution in [0.15, 0.2) is 0 Å². The molecule has 1 saturated carbocycles. The fourth-order valence-electron chi connectivity index (χ4n) is 6.97. The lowest BCUT2D eigenvalue weighted by atomic mass is 9.31. The lowest BCUT2D eigenvalue weighted by Gasteiger charge is -2.76. The molecule has 24 heavy (non-hydrogen) atoms. The summed E-state index contributed by atoms with van der Waals surface area (Å²) in [5.41, 5.74) is -3.31. The molecule has 4 heteroatoms. The van der Waals surface area contributed by atoms with Crippen LogP contribution in [0.5, 0.6) is 0 Å². The van der Waals surface area contributed by atoms with Crippen molar-refractivity contribution in [3.8, 4) is 0 Å². The zero-order valence-electron chi connectivity index (χ0n) is 17.7. The van der Waals surface area contributed by atoms with Crippen LogP contribution in [-0.4, -0.2) is 41.9 Å². The zero-order valence-corrected chi connectivity index (χ0v) is 17.7. The lowest BCUT2D eigenvalue weighted by Crippen LogP contribution is -2.86. The molecule has 0 aromatic heterocycles. The van der Waals surface area contributed by atoms with Crippen LogP contribution in [0.25, 0.3) is 0 Å². The van der Waals surface area contributed by atoms with Crippen LogP contribution in [0.1, 0.15) is 69.2 Å². The first-order chi connectivity index (χ1) is 10.5. The molecule has 2 rings (SSSR count). The van der Waals surface area contributed by atoms with Crippen molar-refractivity contribution in [2.24, 2.45) is 22.2 Å². The van der Waals surface area contributed by atoms with Crippen molar-refractivity contribution < 1.29 is 19.3 Å². The lowest BCUT2D eigenvalue weighted by molar-refractivity contribution is -0.469. The highest BCUT2D eigenvalue weighted by Crippen LogP contribution is 2.85. The average Bonchev–Trinajstić information content (AvgIpc) is 2.57.